The van der Waals surface area contributed by atoms with Crippen molar-refractivity contribution in [2.75, 3.05) is 12.4 Å². The number of hydrogen-bond donors (Lipinski definition) is 2. The van der Waals surface area contributed by atoms with Gasteiger partial charge >= 0.3 is 0 Å². The summed E-state index contributed by atoms with van der Waals surface area (Å²) in [6.45, 7) is 1.85. The number of hydrogen-bond acceptors (Lipinski definition) is 5. The topological polar surface area (TPSA) is 71.1 Å². The quantitative estimate of drug-likeness (QED) is 0.796. The predicted octanol–water partition coefficient (Wildman–Crippen LogP) is 2.86. The zero-order valence-electron chi connectivity index (χ0n) is 11.6. The molecule has 0 amide bonds. The minimum Gasteiger partial charge on any atom is -0.372 e. The number of sulfonamides is 1. The lowest BCUT2D eigenvalue weighted by Crippen LogP contribution is -2.34. The Morgan fingerprint density at radius 2 is 2.24 bits per heavy atom. The van der Waals surface area contributed by atoms with E-state index in [0.29, 0.717) is 16.7 Å². The van der Waals surface area contributed by atoms with Gasteiger partial charge in [0, 0.05) is 23.8 Å². The van der Waals surface area contributed by atoms with Gasteiger partial charge in [-0.25, -0.2) is 18.1 Å². The lowest BCUT2D eigenvalue weighted by Gasteiger charge is -2.15. The molecule has 0 aliphatic rings. The summed E-state index contributed by atoms with van der Waals surface area (Å²) < 4.78 is 28.3. The van der Waals surface area contributed by atoms with Crippen LogP contribution < -0.4 is 10.0 Å². The molecule has 0 saturated heterocycles. The van der Waals surface area contributed by atoms with Crippen molar-refractivity contribution in [2.24, 2.45) is 0 Å². The van der Waals surface area contributed by atoms with E-state index in [-0.39, 0.29) is 10.9 Å². The van der Waals surface area contributed by atoms with E-state index in [9.17, 15) is 8.42 Å². The highest BCUT2D eigenvalue weighted by Gasteiger charge is 2.22. The second-order valence-electron chi connectivity index (χ2n) is 4.61. The molecule has 8 heteroatoms. The Hall–Kier alpha value is -0.960. The number of pyridine rings is 1. The van der Waals surface area contributed by atoms with E-state index in [4.69, 9.17) is 0 Å². The van der Waals surface area contributed by atoms with Crippen molar-refractivity contribution in [2.45, 2.75) is 24.3 Å². The van der Waals surface area contributed by atoms with Crippen LogP contribution in [0, 0.1) is 0 Å². The van der Waals surface area contributed by atoms with E-state index < -0.39 is 10.0 Å². The molecule has 1 atom stereocenters. The zero-order chi connectivity index (χ0) is 15.5. The third kappa shape index (κ3) is 4.26. The number of thiophene rings is 1. The van der Waals surface area contributed by atoms with Gasteiger partial charge in [-0.05, 0) is 57.7 Å². The Kier molecular flexibility index (Phi) is 5.37. The van der Waals surface area contributed by atoms with Crippen LogP contribution in [0.15, 0.2) is 38.5 Å². The Bertz CT molecular complexity index is 702. The summed E-state index contributed by atoms with van der Waals surface area (Å²) in [7, 11) is -1.99. The molecule has 21 heavy (non-hydrogen) atoms. The van der Waals surface area contributed by atoms with Gasteiger partial charge in [-0.2, -0.15) is 11.3 Å². The van der Waals surface area contributed by atoms with Crippen LogP contribution in [0.4, 0.5) is 5.82 Å². The second-order valence-corrected chi connectivity index (χ2v) is 7.99. The lowest BCUT2D eigenvalue weighted by atomic mass is 10.1. The SMILES string of the molecule is CNc1ncc(Br)cc1S(=O)(=O)NC(C)Cc1ccsc1. The summed E-state index contributed by atoms with van der Waals surface area (Å²) in [5.41, 5.74) is 1.12. The van der Waals surface area contributed by atoms with Gasteiger partial charge in [0.15, 0.2) is 0 Å². The summed E-state index contributed by atoms with van der Waals surface area (Å²) in [6, 6.07) is 3.33. The van der Waals surface area contributed by atoms with Crippen LogP contribution in [0.5, 0.6) is 0 Å². The standard InChI is InChI=1S/C13H16BrN3O2S2/c1-9(5-10-3-4-20-8-10)17-21(18,19)12-6-11(14)7-16-13(12)15-2/h3-4,6-9,17H,5H2,1-2H3,(H,15,16). The van der Waals surface area contributed by atoms with Gasteiger partial charge in [-0.1, -0.05) is 0 Å². The maximum absolute atomic E-state index is 12.5. The van der Waals surface area contributed by atoms with Crippen molar-refractivity contribution in [1.29, 1.82) is 0 Å². The first-order valence-corrected chi connectivity index (χ1v) is 9.51. The van der Waals surface area contributed by atoms with Crippen molar-refractivity contribution in [3.05, 3.63) is 39.1 Å². The van der Waals surface area contributed by atoms with Gasteiger partial charge < -0.3 is 5.32 Å². The van der Waals surface area contributed by atoms with Crippen molar-refractivity contribution in [1.82, 2.24) is 9.71 Å². The average molecular weight is 390 g/mol. The van der Waals surface area contributed by atoms with Crippen LogP contribution in [0.25, 0.3) is 0 Å². The van der Waals surface area contributed by atoms with Crippen molar-refractivity contribution in [3.8, 4) is 0 Å². The molecule has 2 rings (SSSR count). The summed E-state index contributed by atoms with van der Waals surface area (Å²) in [4.78, 5) is 4.21. The van der Waals surface area contributed by atoms with E-state index in [1.807, 2.05) is 23.8 Å². The molecule has 0 radical (unpaired) electrons. The fourth-order valence-electron chi connectivity index (χ4n) is 1.95. The maximum atomic E-state index is 12.5. The Morgan fingerprint density at radius 3 is 2.86 bits per heavy atom. The molecule has 1 unspecified atom stereocenters. The first-order valence-electron chi connectivity index (χ1n) is 6.29. The van der Waals surface area contributed by atoms with E-state index in [2.05, 4.69) is 31.0 Å². The van der Waals surface area contributed by atoms with Crippen molar-refractivity contribution in [3.63, 3.8) is 0 Å². The molecule has 0 aromatic carbocycles. The summed E-state index contributed by atoms with van der Waals surface area (Å²) >= 11 is 4.85. The zero-order valence-corrected chi connectivity index (χ0v) is 14.8. The summed E-state index contributed by atoms with van der Waals surface area (Å²) in [5.74, 6) is 0.327. The van der Waals surface area contributed by atoms with Crippen LogP contribution in [0.3, 0.4) is 0 Å². The molecule has 5 nitrogen and oxygen atoms in total. The molecule has 0 bridgehead atoms. The van der Waals surface area contributed by atoms with Gasteiger partial charge in [0.05, 0.1) is 0 Å². The monoisotopic (exact) mass is 389 g/mol. The van der Waals surface area contributed by atoms with Gasteiger partial charge in [0.2, 0.25) is 10.0 Å². The van der Waals surface area contributed by atoms with Gasteiger partial charge in [-0.3, -0.25) is 0 Å². The fourth-order valence-corrected chi connectivity index (χ4v) is 4.54. The number of halogens is 1. The minimum absolute atomic E-state index is 0.136. The number of anilines is 1. The van der Waals surface area contributed by atoms with Crippen LogP contribution in [-0.2, 0) is 16.4 Å². The molecule has 0 aliphatic heterocycles. The predicted molar refractivity (Wildman–Crippen MR) is 89.3 cm³/mol. The molecule has 2 aromatic heterocycles. The molecule has 2 N–H and O–H groups in total. The summed E-state index contributed by atoms with van der Waals surface area (Å²) in [6.07, 6.45) is 2.21. The molecule has 0 saturated carbocycles. The van der Waals surface area contributed by atoms with Gasteiger partial charge in [0.1, 0.15) is 10.7 Å². The smallest absolute Gasteiger partial charge is 0.244 e. The van der Waals surface area contributed by atoms with Crippen LogP contribution in [0.1, 0.15) is 12.5 Å². The van der Waals surface area contributed by atoms with E-state index in [1.54, 1.807) is 30.6 Å². The van der Waals surface area contributed by atoms with Crippen LogP contribution in [-0.4, -0.2) is 26.5 Å². The maximum Gasteiger partial charge on any atom is 0.244 e. The van der Waals surface area contributed by atoms with E-state index in [1.165, 1.54) is 0 Å². The van der Waals surface area contributed by atoms with Crippen molar-refractivity contribution >= 4 is 43.1 Å². The third-order valence-electron chi connectivity index (χ3n) is 2.82. The van der Waals surface area contributed by atoms with Crippen LogP contribution in [0.2, 0.25) is 0 Å². The normalized spacial score (nSPS) is 13.1. The van der Waals surface area contributed by atoms with Crippen molar-refractivity contribution < 1.29 is 8.42 Å². The number of aromatic nitrogens is 1. The molecule has 0 spiro atoms. The Labute approximate surface area is 137 Å². The molecule has 0 fully saturated rings. The fraction of sp³-hybridized carbons (Fsp3) is 0.308. The molecule has 2 heterocycles. The minimum atomic E-state index is -3.63. The number of nitrogens with one attached hydrogen (secondary N) is 2. The third-order valence-corrected chi connectivity index (χ3v) is 5.59. The molecular weight excluding hydrogens is 374 g/mol. The second kappa shape index (κ2) is 6.87. The highest BCUT2D eigenvalue weighted by molar-refractivity contribution is 9.10. The highest BCUT2D eigenvalue weighted by Crippen LogP contribution is 2.23. The molecule has 0 aliphatic carbocycles. The summed E-state index contributed by atoms with van der Waals surface area (Å²) in [5, 5.41) is 6.80. The lowest BCUT2D eigenvalue weighted by molar-refractivity contribution is 0.560. The highest BCUT2D eigenvalue weighted by atomic mass is 79.9. The van der Waals surface area contributed by atoms with E-state index >= 15 is 0 Å². The number of nitrogens with zero attached hydrogens (tertiary/aromatic N) is 1. The van der Waals surface area contributed by atoms with E-state index in [0.717, 1.165) is 5.56 Å². The molecule has 114 valence electrons. The van der Waals surface area contributed by atoms with Crippen LogP contribution >= 0.6 is 27.3 Å². The Morgan fingerprint density at radius 1 is 1.48 bits per heavy atom. The average Bonchev–Trinajstić information content (AvgIpc) is 2.90. The molecular formula is C13H16BrN3O2S2. The first-order chi connectivity index (χ1) is 9.92. The molecule has 2 aromatic rings. The largest absolute Gasteiger partial charge is 0.372 e. The number of rotatable bonds is 6. The van der Waals surface area contributed by atoms with Gasteiger partial charge in [0.25, 0.3) is 0 Å². The van der Waals surface area contributed by atoms with Gasteiger partial charge in [-0.15, -0.1) is 0 Å². The first kappa shape index (κ1) is 16.4. The Balaban J connectivity index is 2.20.